The summed E-state index contributed by atoms with van der Waals surface area (Å²) in [6.45, 7) is 6.01. The van der Waals surface area contributed by atoms with Gasteiger partial charge in [-0.1, -0.05) is 12.1 Å². The standard InChI is InChI=1S/C10H13O2/c1-4-12-9-7-5-6-8(2)10(9)11-3/h5-7H,1,4H2,2-3H3. The molecule has 0 fully saturated rings. The van der Waals surface area contributed by atoms with Crippen LogP contribution in [0.4, 0.5) is 0 Å². The average molecular weight is 165 g/mol. The molecule has 0 aliphatic rings. The van der Waals surface area contributed by atoms with Crippen molar-refractivity contribution in [3.63, 3.8) is 0 Å². The highest BCUT2D eigenvalue weighted by atomic mass is 16.5. The van der Waals surface area contributed by atoms with Crippen LogP contribution in [0.2, 0.25) is 0 Å². The Kier molecular flexibility index (Phi) is 2.97. The van der Waals surface area contributed by atoms with Crippen molar-refractivity contribution < 1.29 is 9.47 Å². The number of aryl methyl sites for hydroxylation is 1. The summed E-state index contributed by atoms with van der Waals surface area (Å²) in [6, 6.07) is 5.79. The molecule has 1 aromatic carbocycles. The zero-order valence-corrected chi connectivity index (χ0v) is 7.46. The molecule has 0 bridgehead atoms. The average Bonchev–Trinajstić information content (AvgIpc) is 2.05. The van der Waals surface area contributed by atoms with E-state index in [1.54, 1.807) is 7.11 Å². The topological polar surface area (TPSA) is 18.5 Å². The van der Waals surface area contributed by atoms with E-state index in [0.29, 0.717) is 6.61 Å². The Labute approximate surface area is 73.1 Å². The Bertz CT molecular complexity index is 256. The van der Waals surface area contributed by atoms with Gasteiger partial charge in [0, 0.05) is 0 Å². The molecule has 1 aromatic rings. The highest BCUT2D eigenvalue weighted by molar-refractivity contribution is 5.45. The molecule has 2 heteroatoms. The highest BCUT2D eigenvalue weighted by Gasteiger charge is 2.04. The van der Waals surface area contributed by atoms with Crippen LogP contribution >= 0.6 is 0 Å². The summed E-state index contributed by atoms with van der Waals surface area (Å²) >= 11 is 0. The molecule has 0 spiro atoms. The molecule has 0 saturated heterocycles. The van der Waals surface area contributed by atoms with E-state index in [2.05, 4.69) is 6.92 Å². The van der Waals surface area contributed by atoms with Crippen molar-refractivity contribution in [1.29, 1.82) is 0 Å². The normalized spacial score (nSPS) is 9.58. The number of methoxy groups -OCH3 is 1. The summed E-state index contributed by atoms with van der Waals surface area (Å²) in [7, 11) is 1.64. The maximum absolute atomic E-state index is 5.27. The second kappa shape index (κ2) is 4.00. The maximum Gasteiger partial charge on any atom is 0.163 e. The van der Waals surface area contributed by atoms with Crippen LogP contribution in [0.3, 0.4) is 0 Å². The smallest absolute Gasteiger partial charge is 0.163 e. The van der Waals surface area contributed by atoms with Gasteiger partial charge < -0.3 is 9.47 Å². The van der Waals surface area contributed by atoms with E-state index in [-0.39, 0.29) is 0 Å². The van der Waals surface area contributed by atoms with Gasteiger partial charge in [-0.05, 0) is 25.5 Å². The summed E-state index contributed by atoms with van der Waals surface area (Å²) < 4.78 is 10.4. The van der Waals surface area contributed by atoms with Crippen LogP contribution in [0.5, 0.6) is 11.5 Å². The number of ether oxygens (including phenoxy) is 2. The molecule has 0 aliphatic carbocycles. The minimum atomic E-state index is 0.416. The first-order chi connectivity index (χ1) is 5.79. The number of rotatable bonds is 3. The number of benzene rings is 1. The van der Waals surface area contributed by atoms with Gasteiger partial charge in [-0.3, -0.25) is 0 Å². The monoisotopic (exact) mass is 165 g/mol. The van der Waals surface area contributed by atoms with Crippen molar-refractivity contribution in [2.45, 2.75) is 6.92 Å². The van der Waals surface area contributed by atoms with Gasteiger partial charge in [0.25, 0.3) is 0 Å². The van der Waals surface area contributed by atoms with E-state index < -0.39 is 0 Å². The third-order valence-corrected chi connectivity index (χ3v) is 1.64. The Balaban J connectivity index is 3.00. The lowest BCUT2D eigenvalue weighted by Crippen LogP contribution is -1.96. The van der Waals surface area contributed by atoms with Crippen LogP contribution in [0.1, 0.15) is 5.56 Å². The molecule has 0 amide bonds. The minimum Gasteiger partial charge on any atom is -0.493 e. The largest absolute Gasteiger partial charge is 0.493 e. The zero-order valence-electron chi connectivity index (χ0n) is 7.46. The second-order valence-corrected chi connectivity index (χ2v) is 2.45. The zero-order chi connectivity index (χ0) is 8.97. The van der Waals surface area contributed by atoms with Crippen molar-refractivity contribution in [1.82, 2.24) is 0 Å². The molecule has 0 aliphatic heterocycles. The third-order valence-electron chi connectivity index (χ3n) is 1.64. The minimum absolute atomic E-state index is 0.416. The second-order valence-electron chi connectivity index (χ2n) is 2.45. The number of hydrogen-bond acceptors (Lipinski definition) is 2. The van der Waals surface area contributed by atoms with E-state index in [9.17, 15) is 0 Å². The summed E-state index contributed by atoms with van der Waals surface area (Å²) in [6.07, 6.45) is 0. The van der Waals surface area contributed by atoms with Crippen LogP contribution in [-0.4, -0.2) is 13.7 Å². The molecular weight excluding hydrogens is 152 g/mol. The van der Waals surface area contributed by atoms with Crippen molar-refractivity contribution in [2.24, 2.45) is 0 Å². The SMILES string of the molecule is [CH2]COc1cccc(C)c1OC. The van der Waals surface area contributed by atoms with Crippen molar-refractivity contribution in [3.8, 4) is 11.5 Å². The molecule has 0 heterocycles. The molecule has 0 saturated carbocycles. The molecule has 0 N–H and O–H groups in total. The predicted molar refractivity (Wildman–Crippen MR) is 48.6 cm³/mol. The Morgan fingerprint density at radius 3 is 2.75 bits per heavy atom. The first-order valence-corrected chi connectivity index (χ1v) is 3.85. The molecule has 0 atom stereocenters. The fourth-order valence-corrected chi connectivity index (χ4v) is 1.11. The quantitative estimate of drug-likeness (QED) is 0.683. The molecular formula is C10H13O2. The predicted octanol–water partition coefficient (Wildman–Crippen LogP) is 2.22. The van der Waals surface area contributed by atoms with E-state index in [0.717, 1.165) is 17.1 Å². The van der Waals surface area contributed by atoms with Crippen LogP contribution in [0.25, 0.3) is 0 Å². The highest BCUT2D eigenvalue weighted by Crippen LogP contribution is 2.29. The van der Waals surface area contributed by atoms with Crippen LogP contribution in [0.15, 0.2) is 18.2 Å². The molecule has 0 aromatic heterocycles. The van der Waals surface area contributed by atoms with Gasteiger partial charge in [0.15, 0.2) is 11.5 Å². The lowest BCUT2D eigenvalue weighted by molar-refractivity contribution is 0.324. The fraction of sp³-hybridized carbons (Fsp3) is 0.300. The molecule has 1 radical (unpaired) electrons. The van der Waals surface area contributed by atoms with Gasteiger partial charge in [-0.25, -0.2) is 0 Å². The summed E-state index contributed by atoms with van der Waals surface area (Å²) in [5.74, 6) is 1.55. The van der Waals surface area contributed by atoms with Crippen LogP contribution in [-0.2, 0) is 0 Å². The lowest BCUT2D eigenvalue weighted by Gasteiger charge is -2.10. The van der Waals surface area contributed by atoms with Crippen LogP contribution < -0.4 is 9.47 Å². The first-order valence-electron chi connectivity index (χ1n) is 3.85. The van der Waals surface area contributed by atoms with Gasteiger partial charge in [0.1, 0.15) is 0 Å². The molecule has 1 rings (SSSR count). The van der Waals surface area contributed by atoms with Crippen molar-refractivity contribution in [2.75, 3.05) is 13.7 Å². The van der Waals surface area contributed by atoms with E-state index in [1.165, 1.54) is 0 Å². The summed E-state index contributed by atoms with van der Waals surface area (Å²) in [4.78, 5) is 0. The summed E-state index contributed by atoms with van der Waals surface area (Å²) in [5.41, 5.74) is 1.07. The Hall–Kier alpha value is -1.18. The lowest BCUT2D eigenvalue weighted by atomic mass is 10.2. The molecule has 65 valence electrons. The molecule has 12 heavy (non-hydrogen) atoms. The molecule has 2 nitrogen and oxygen atoms in total. The van der Waals surface area contributed by atoms with Crippen LogP contribution in [0, 0.1) is 13.8 Å². The van der Waals surface area contributed by atoms with Gasteiger partial charge in [0.05, 0.1) is 13.7 Å². The van der Waals surface area contributed by atoms with Crippen molar-refractivity contribution in [3.05, 3.63) is 30.7 Å². The number of para-hydroxylation sites is 1. The first kappa shape index (κ1) is 8.91. The Morgan fingerprint density at radius 1 is 1.42 bits per heavy atom. The van der Waals surface area contributed by atoms with Gasteiger partial charge in [-0.2, -0.15) is 0 Å². The van der Waals surface area contributed by atoms with Gasteiger partial charge in [0.2, 0.25) is 0 Å². The third kappa shape index (κ3) is 1.70. The number of hydrogen-bond donors (Lipinski definition) is 0. The van der Waals surface area contributed by atoms with E-state index >= 15 is 0 Å². The molecule has 0 unspecified atom stereocenters. The maximum atomic E-state index is 5.27. The van der Waals surface area contributed by atoms with E-state index in [4.69, 9.17) is 9.47 Å². The van der Waals surface area contributed by atoms with Gasteiger partial charge >= 0.3 is 0 Å². The van der Waals surface area contributed by atoms with Crippen molar-refractivity contribution >= 4 is 0 Å². The van der Waals surface area contributed by atoms with Gasteiger partial charge in [-0.15, -0.1) is 0 Å². The summed E-state index contributed by atoms with van der Waals surface area (Å²) in [5, 5.41) is 0. The fourth-order valence-electron chi connectivity index (χ4n) is 1.11. The Morgan fingerprint density at radius 2 is 2.17 bits per heavy atom. The van der Waals surface area contributed by atoms with E-state index in [1.807, 2.05) is 25.1 Å².